The maximum Gasteiger partial charge on any atom is -0.171 e. The van der Waals surface area contributed by atoms with Crippen molar-refractivity contribution in [1.82, 2.24) is 0 Å². The molecule has 0 saturated carbocycles. The van der Waals surface area contributed by atoms with Crippen LogP contribution in [-0.2, 0) is 23.3 Å². The van der Waals surface area contributed by atoms with Gasteiger partial charge >= 0.3 is 30.2 Å². The van der Waals surface area contributed by atoms with E-state index in [1.54, 1.807) is 23.3 Å². The minimum Gasteiger partial charge on any atom is -0.184 e. The number of rotatable bonds is 0. The van der Waals surface area contributed by atoms with Crippen LogP contribution in [0.5, 0.6) is 0 Å². The zero-order chi connectivity index (χ0) is 15.1. The van der Waals surface area contributed by atoms with E-state index in [2.05, 4.69) is 56.4 Å². The fourth-order valence-electron chi connectivity index (χ4n) is 1.37. The van der Waals surface area contributed by atoms with Gasteiger partial charge in [0.15, 0.2) is 0 Å². The molecular weight excluding hydrogens is 418 g/mol. The first kappa shape index (κ1) is 30.7. The molecule has 0 aromatic heterocycles. The summed E-state index contributed by atoms with van der Waals surface area (Å²) in [7, 11) is 0. The summed E-state index contributed by atoms with van der Waals surface area (Å²) in [5.41, 5.74) is 2.55. The number of halogens is 2. The molecule has 0 unspecified atom stereocenters. The van der Waals surface area contributed by atoms with Gasteiger partial charge in [-0.05, 0) is 0 Å². The zero-order valence-electron chi connectivity index (χ0n) is 14.1. The Hall–Kier alpha value is -0.140. The van der Waals surface area contributed by atoms with E-state index in [1.807, 2.05) is 37.2 Å². The van der Waals surface area contributed by atoms with Crippen LogP contribution in [0.15, 0.2) is 65.8 Å². The van der Waals surface area contributed by atoms with Crippen LogP contribution in [-0.4, -0.2) is 6.88 Å². The Labute approximate surface area is 172 Å². The second-order valence-electron chi connectivity index (χ2n) is 4.01. The molecule has 0 amide bonds. The first-order chi connectivity index (χ1) is 9.79. The van der Waals surface area contributed by atoms with Crippen molar-refractivity contribution in [3.05, 3.63) is 91.4 Å². The molecule has 0 spiro atoms. The van der Waals surface area contributed by atoms with Gasteiger partial charge in [-0.25, -0.2) is 23.3 Å². The smallest absolute Gasteiger partial charge is 0.171 e. The maximum atomic E-state index is 3.12. The summed E-state index contributed by atoms with van der Waals surface area (Å²) in [6.45, 7) is 6.07. The molecule has 0 aliphatic heterocycles. The molecule has 0 N–H and O–H groups in total. The molecule has 23 heavy (non-hydrogen) atoms. The van der Waals surface area contributed by atoms with Crippen molar-refractivity contribution in [2.45, 2.75) is 26.7 Å². The third-order valence-corrected chi connectivity index (χ3v) is 2.34. The molecule has 0 heterocycles. The van der Waals surface area contributed by atoms with E-state index in [-0.39, 0.29) is 32.2 Å². The van der Waals surface area contributed by atoms with Crippen LogP contribution >= 0.6 is 24.8 Å². The van der Waals surface area contributed by atoms with Gasteiger partial charge in [-0.3, -0.25) is 12.2 Å². The molecule has 0 atom stereocenters. The normalized spacial score (nSPS) is 11.9. The average Bonchev–Trinajstić information content (AvgIpc) is 3.18. The summed E-state index contributed by atoms with van der Waals surface area (Å²) in [6.07, 6.45) is 16.7. The standard InChI is InChI=1S/2C6H7.C6H5.CH3.2ClH.H2Si.Zr/c2*1-6-4-2-3-5-6;1-2-4-6-5-3-1;;;;;/h2*2,4H,3H2,1H3;1-5H;1H3;2*1H;1H2;/q4*-1;;;;. The molecule has 3 rings (SSSR count). The second kappa shape index (κ2) is 24.1. The predicted octanol–water partition coefficient (Wildman–Crippen LogP) is 5.25. The van der Waals surface area contributed by atoms with Crippen molar-refractivity contribution in [3.8, 4) is 0 Å². The van der Waals surface area contributed by atoms with Gasteiger partial charge in [-0.1, -0.05) is 13.8 Å². The van der Waals surface area contributed by atoms with Crippen molar-refractivity contribution in [2.75, 3.05) is 0 Å². The molecule has 1 aromatic carbocycles. The van der Waals surface area contributed by atoms with E-state index in [0.717, 1.165) is 12.8 Å². The zero-order valence-corrected chi connectivity index (χ0v) is 19.6. The number of benzene rings is 1. The van der Waals surface area contributed by atoms with E-state index < -0.39 is 0 Å². The van der Waals surface area contributed by atoms with E-state index >= 15 is 0 Å². The molecular formula is C19H26Cl2SiZr-4. The van der Waals surface area contributed by atoms with Crippen molar-refractivity contribution >= 4 is 31.7 Å². The Morgan fingerprint density at radius 3 is 1.30 bits per heavy atom. The van der Waals surface area contributed by atoms with Gasteiger partial charge in [0.2, 0.25) is 0 Å². The molecule has 4 heteroatoms. The fourth-order valence-corrected chi connectivity index (χ4v) is 1.37. The topological polar surface area (TPSA) is 0 Å². The van der Waals surface area contributed by atoms with E-state index in [0.29, 0.717) is 0 Å². The van der Waals surface area contributed by atoms with Crippen molar-refractivity contribution in [2.24, 2.45) is 0 Å². The van der Waals surface area contributed by atoms with Gasteiger partial charge in [0.05, 0.1) is 0 Å². The van der Waals surface area contributed by atoms with Crippen LogP contribution in [0.2, 0.25) is 0 Å². The summed E-state index contributed by atoms with van der Waals surface area (Å²) < 4.78 is 0. The summed E-state index contributed by atoms with van der Waals surface area (Å²) >= 11 is 1.58. The predicted molar refractivity (Wildman–Crippen MR) is 107 cm³/mol. The molecule has 2 aliphatic carbocycles. The molecule has 2 aliphatic rings. The third-order valence-electron chi connectivity index (χ3n) is 2.34. The monoisotopic (exact) mass is 442 g/mol. The SMILES string of the molecule is CC1=[C-]CC=C1.CC1=[C-]CC=C1.Cl.Cl.[CH3-].[SiH2]=[Zr].[c-]1ccccc1. The molecule has 1 aromatic rings. The first-order valence-electron chi connectivity index (χ1n) is 6.53. The summed E-state index contributed by atoms with van der Waals surface area (Å²) in [4.78, 5) is 0. The van der Waals surface area contributed by atoms with Gasteiger partial charge in [-0.2, -0.15) is 48.6 Å². The van der Waals surface area contributed by atoms with Crippen LogP contribution in [0.1, 0.15) is 26.7 Å². The minimum absolute atomic E-state index is 0. The Kier molecular flexibility index (Phi) is 32.2. The van der Waals surface area contributed by atoms with Gasteiger partial charge in [-0.15, -0.1) is 37.7 Å². The molecule has 0 radical (unpaired) electrons. The molecule has 0 bridgehead atoms. The average molecular weight is 445 g/mol. The summed E-state index contributed by atoms with van der Waals surface area (Å²) in [5, 5.41) is 0. The summed E-state index contributed by atoms with van der Waals surface area (Å²) in [5.74, 6) is 0. The quantitative estimate of drug-likeness (QED) is 0.379. The Balaban J connectivity index is -0.000000105. The second-order valence-corrected chi connectivity index (χ2v) is 4.01. The minimum atomic E-state index is 0. The Morgan fingerprint density at radius 1 is 0.826 bits per heavy atom. The third kappa shape index (κ3) is 21.9. The molecule has 0 saturated heterocycles. The number of hydrogen-bond donors (Lipinski definition) is 0. The van der Waals surface area contributed by atoms with Crippen LogP contribution in [0, 0.1) is 25.6 Å². The number of hydrogen-bond acceptors (Lipinski definition) is 0. The maximum absolute atomic E-state index is 3.12. The van der Waals surface area contributed by atoms with Gasteiger partial charge in [0, 0.05) is 0 Å². The van der Waals surface area contributed by atoms with Crippen molar-refractivity contribution in [3.63, 3.8) is 0 Å². The number of allylic oxidation sites excluding steroid dienone is 8. The van der Waals surface area contributed by atoms with E-state index in [9.17, 15) is 0 Å². The van der Waals surface area contributed by atoms with Crippen molar-refractivity contribution in [1.29, 1.82) is 0 Å². The molecule has 128 valence electrons. The Bertz CT molecular complexity index is 405. The fraction of sp³-hybridized carbons (Fsp3) is 0.211. The Morgan fingerprint density at radius 2 is 1.22 bits per heavy atom. The summed E-state index contributed by atoms with van der Waals surface area (Å²) in [6, 6.07) is 12.5. The van der Waals surface area contributed by atoms with Crippen LogP contribution < -0.4 is 0 Å². The van der Waals surface area contributed by atoms with Crippen molar-refractivity contribution < 1.29 is 23.3 Å². The van der Waals surface area contributed by atoms with Crippen LogP contribution in [0.3, 0.4) is 0 Å². The van der Waals surface area contributed by atoms with Gasteiger partial charge in [0.1, 0.15) is 0 Å². The molecule has 0 fully saturated rings. The molecule has 0 nitrogen and oxygen atoms in total. The van der Waals surface area contributed by atoms with E-state index in [4.69, 9.17) is 0 Å². The van der Waals surface area contributed by atoms with Crippen LogP contribution in [0.4, 0.5) is 0 Å². The van der Waals surface area contributed by atoms with E-state index in [1.165, 1.54) is 11.1 Å². The van der Waals surface area contributed by atoms with Gasteiger partial charge in [0.25, 0.3) is 0 Å². The first-order valence-corrected chi connectivity index (χ1v) is 12.5. The van der Waals surface area contributed by atoms with Gasteiger partial charge < -0.3 is 7.43 Å². The van der Waals surface area contributed by atoms with Crippen LogP contribution in [0.25, 0.3) is 0 Å². The largest absolute Gasteiger partial charge is 0.184 e.